The Morgan fingerprint density at radius 3 is 2.87 bits per heavy atom. The zero-order valence-corrected chi connectivity index (χ0v) is 18.8. The minimum Gasteiger partial charge on any atom is -0.490 e. The highest BCUT2D eigenvalue weighted by atomic mass is 35.5. The van der Waals surface area contributed by atoms with Crippen molar-refractivity contribution >= 4 is 50.7 Å². The molecule has 1 heterocycles. The van der Waals surface area contributed by atoms with Gasteiger partial charge in [0.2, 0.25) is 15.9 Å². The van der Waals surface area contributed by atoms with Gasteiger partial charge >= 0.3 is 0 Å². The van der Waals surface area contributed by atoms with Crippen LogP contribution in [0.3, 0.4) is 0 Å². The average Bonchev–Trinajstić information content (AvgIpc) is 2.72. The fraction of sp³-hybridized carbons (Fsp3) is 0.316. The summed E-state index contributed by atoms with van der Waals surface area (Å²) in [6, 6.07) is 9.89. The van der Waals surface area contributed by atoms with E-state index in [1.165, 1.54) is 23.9 Å². The highest BCUT2D eigenvalue weighted by Crippen LogP contribution is 2.38. The highest BCUT2D eigenvalue weighted by Gasteiger charge is 2.19. The third-order valence-corrected chi connectivity index (χ3v) is 6.79. The van der Waals surface area contributed by atoms with E-state index in [0.717, 1.165) is 4.90 Å². The lowest BCUT2D eigenvalue weighted by Crippen LogP contribution is -2.34. The van der Waals surface area contributed by atoms with Gasteiger partial charge in [0.15, 0.2) is 0 Å². The van der Waals surface area contributed by atoms with Gasteiger partial charge in [-0.3, -0.25) is 4.79 Å². The van der Waals surface area contributed by atoms with E-state index in [1.54, 1.807) is 18.2 Å². The summed E-state index contributed by atoms with van der Waals surface area (Å²) in [5, 5.41) is 24.3. The number of rotatable bonds is 10. The van der Waals surface area contributed by atoms with Crippen LogP contribution in [0.2, 0.25) is 5.02 Å². The van der Waals surface area contributed by atoms with Crippen molar-refractivity contribution in [3.63, 3.8) is 0 Å². The van der Waals surface area contributed by atoms with Gasteiger partial charge in [0.25, 0.3) is 0 Å². The minimum absolute atomic E-state index is 0.0491. The lowest BCUT2D eigenvalue weighted by Gasteiger charge is -2.20. The number of fused-ring (bicyclic) bond motifs is 1. The standard InChI is InChI=1S/C19H23ClN4O5S2/c20-14-5-4-12(8-17(14)31(21,27)28)23-7-6-22-9-13(25)10-29-16-3-1-2-15-19(16)30-11-18(26)24-15/h1-5,8,13,22-23,25H,6-7,9-11H2,(H,24,26)(H2,21,27,28). The smallest absolute Gasteiger partial charge is 0.239 e. The first-order valence-electron chi connectivity index (χ1n) is 9.37. The molecule has 0 saturated heterocycles. The van der Waals surface area contributed by atoms with E-state index in [0.29, 0.717) is 42.5 Å². The van der Waals surface area contributed by atoms with Gasteiger partial charge in [0.05, 0.1) is 21.4 Å². The number of nitrogens with one attached hydrogen (secondary N) is 3. The van der Waals surface area contributed by atoms with E-state index < -0.39 is 16.1 Å². The first kappa shape index (κ1) is 23.6. The van der Waals surface area contributed by atoms with Crippen LogP contribution in [-0.4, -0.2) is 57.5 Å². The molecule has 1 atom stereocenters. The van der Waals surface area contributed by atoms with Crippen LogP contribution in [-0.2, 0) is 14.8 Å². The molecule has 0 spiro atoms. The Morgan fingerprint density at radius 1 is 1.29 bits per heavy atom. The number of anilines is 2. The molecule has 1 aliphatic heterocycles. The molecule has 2 aromatic rings. The number of amides is 1. The fourth-order valence-electron chi connectivity index (χ4n) is 2.84. The molecule has 0 aliphatic carbocycles. The van der Waals surface area contributed by atoms with Crippen molar-refractivity contribution in [3.8, 4) is 5.75 Å². The van der Waals surface area contributed by atoms with E-state index in [2.05, 4.69) is 16.0 Å². The van der Waals surface area contributed by atoms with Crippen LogP contribution in [0.5, 0.6) is 5.75 Å². The number of primary sulfonamides is 1. The van der Waals surface area contributed by atoms with Crippen molar-refractivity contribution in [2.45, 2.75) is 15.9 Å². The van der Waals surface area contributed by atoms with Crippen LogP contribution in [0.1, 0.15) is 0 Å². The molecule has 31 heavy (non-hydrogen) atoms. The Balaban J connectivity index is 1.39. The van der Waals surface area contributed by atoms with Gasteiger partial charge in [-0.1, -0.05) is 17.7 Å². The second-order valence-corrected chi connectivity index (χ2v) is 9.68. The Labute approximate surface area is 189 Å². The molecule has 1 aliphatic rings. The minimum atomic E-state index is -3.90. The summed E-state index contributed by atoms with van der Waals surface area (Å²) >= 11 is 7.26. The largest absolute Gasteiger partial charge is 0.490 e. The lowest BCUT2D eigenvalue weighted by atomic mass is 10.3. The molecular weight excluding hydrogens is 464 g/mol. The van der Waals surface area contributed by atoms with Crippen LogP contribution >= 0.6 is 23.4 Å². The number of aliphatic hydroxyl groups is 1. The average molecular weight is 487 g/mol. The number of halogens is 1. The van der Waals surface area contributed by atoms with Gasteiger partial charge in [0, 0.05) is 25.3 Å². The number of ether oxygens (including phenoxy) is 1. The molecule has 0 fully saturated rings. The van der Waals surface area contributed by atoms with Crippen molar-refractivity contribution < 1.29 is 23.1 Å². The first-order chi connectivity index (χ1) is 14.7. The molecule has 0 bridgehead atoms. The predicted molar refractivity (Wildman–Crippen MR) is 121 cm³/mol. The molecule has 1 amide bonds. The normalized spacial score (nSPS) is 14.5. The summed E-state index contributed by atoms with van der Waals surface area (Å²) in [6.45, 7) is 1.42. The van der Waals surface area contributed by atoms with Gasteiger partial charge in [-0.15, -0.1) is 11.8 Å². The molecule has 168 valence electrons. The maximum atomic E-state index is 11.5. The number of aliphatic hydroxyl groups excluding tert-OH is 1. The zero-order valence-electron chi connectivity index (χ0n) is 16.4. The van der Waals surface area contributed by atoms with E-state index in [-0.39, 0.29) is 22.4 Å². The van der Waals surface area contributed by atoms with Crippen molar-refractivity contribution in [1.29, 1.82) is 0 Å². The molecule has 0 radical (unpaired) electrons. The van der Waals surface area contributed by atoms with E-state index in [4.69, 9.17) is 21.5 Å². The molecular formula is C19H23ClN4O5S2. The number of sulfonamides is 1. The Morgan fingerprint density at radius 2 is 2.10 bits per heavy atom. The molecule has 12 heteroatoms. The summed E-state index contributed by atoms with van der Waals surface area (Å²) in [5.74, 6) is 0.903. The van der Waals surface area contributed by atoms with Crippen molar-refractivity contribution in [2.75, 3.05) is 42.6 Å². The Bertz CT molecular complexity index is 1050. The second-order valence-electron chi connectivity index (χ2n) is 6.76. The number of thioether (sulfide) groups is 1. The van der Waals surface area contributed by atoms with E-state index in [9.17, 15) is 18.3 Å². The van der Waals surface area contributed by atoms with Crippen molar-refractivity contribution in [1.82, 2.24) is 5.32 Å². The van der Waals surface area contributed by atoms with Crippen LogP contribution in [0, 0.1) is 0 Å². The SMILES string of the molecule is NS(=O)(=O)c1cc(NCCNCC(O)COc2cccc3c2SCC(=O)N3)ccc1Cl. The van der Waals surface area contributed by atoms with Gasteiger partial charge < -0.3 is 25.8 Å². The summed E-state index contributed by atoms with van der Waals surface area (Å²) in [5.41, 5.74) is 1.28. The van der Waals surface area contributed by atoms with Crippen molar-refractivity contribution in [3.05, 3.63) is 41.4 Å². The Kier molecular flexibility index (Phi) is 8.03. The first-order valence-corrected chi connectivity index (χ1v) is 12.3. The molecule has 1 unspecified atom stereocenters. The zero-order chi connectivity index (χ0) is 22.4. The van der Waals surface area contributed by atoms with Crippen molar-refractivity contribution in [2.24, 2.45) is 5.14 Å². The maximum absolute atomic E-state index is 11.5. The summed E-state index contributed by atoms with van der Waals surface area (Å²) in [6.07, 6.45) is -0.733. The molecule has 0 saturated carbocycles. The number of hydrogen-bond donors (Lipinski definition) is 5. The third-order valence-electron chi connectivity index (χ3n) is 4.28. The summed E-state index contributed by atoms with van der Waals surface area (Å²) in [7, 11) is -3.90. The van der Waals surface area contributed by atoms with Crippen LogP contribution < -0.4 is 25.8 Å². The highest BCUT2D eigenvalue weighted by molar-refractivity contribution is 8.00. The lowest BCUT2D eigenvalue weighted by molar-refractivity contribution is -0.113. The summed E-state index contributed by atoms with van der Waals surface area (Å²) < 4.78 is 28.7. The maximum Gasteiger partial charge on any atom is 0.239 e. The van der Waals surface area contributed by atoms with Crippen LogP contribution in [0.15, 0.2) is 46.2 Å². The van der Waals surface area contributed by atoms with Gasteiger partial charge in [-0.05, 0) is 30.3 Å². The Hall–Kier alpha value is -2.02. The number of carbonyl (C=O) groups is 1. The number of carbonyl (C=O) groups excluding carboxylic acids is 1. The third kappa shape index (κ3) is 6.73. The van der Waals surface area contributed by atoms with Crippen LogP contribution in [0.25, 0.3) is 0 Å². The molecule has 6 N–H and O–H groups in total. The van der Waals surface area contributed by atoms with E-state index >= 15 is 0 Å². The summed E-state index contributed by atoms with van der Waals surface area (Å²) in [4.78, 5) is 12.2. The quantitative estimate of drug-likeness (QED) is 0.318. The number of hydrogen-bond acceptors (Lipinski definition) is 8. The number of benzene rings is 2. The second kappa shape index (κ2) is 10.5. The van der Waals surface area contributed by atoms with Gasteiger partial charge in [-0.2, -0.15) is 0 Å². The van der Waals surface area contributed by atoms with Gasteiger partial charge in [-0.25, -0.2) is 13.6 Å². The number of nitrogens with two attached hydrogens (primary N) is 1. The molecule has 9 nitrogen and oxygen atoms in total. The van der Waals surface area contributed by atoms with E-state index in [1.807, 2.05) is 6.07 Å². The topological polar surface area (TPSA) is 143 Å². The fourth-order valence-corrected chi connectivity index (χ4v) is 4.80. The molecule has 2 aromatic carbocycles. The van der Waals surface area contributed by atoms with Crippen LogP contribution in [0.4, 0.5) is 11.4 Å². The van der Waals surface area contributed by atoms with Gasteiger partial charge in [0.1, 0.15) is 23.4 Å². The predicted octanol–water partition coefficient (Wildman–Crippen LogP) is 1.47. The molecule has 0 aromatic heterocycles. The molecule has 3 rings (SSSR count). The monoisotopic (exact) mass is 486 g/mol.